The van der Waals surface area contributed by atoms with Crippen LogP contribution in [0.2, 0.25) is 0 Å². The number of nitrogens with zero attached hydrogens (tertiary/aromatic N) is 2. The molecule has 3 nitrogen and oxygen atoms in total. The molecule has 0 bridgehead atoms. The third kappa shape index (κ3) is 13.1. The Hall–Kier alpha value is -2.94. The van der Waals surface area contributed by atoms with Gasteiger partial charge in [0.25, 0.3) is 0 Å². The molecule has 170 valence electrons. The first-order valence-electron chi connectivity index (χ1n) is 11.2. The summed E-state index contributed by atoms with van der Waals surface area (Å²) >= 11 is 0. The lowest BCUT2D eigenvalue weighted by Gasteiger charge is -2.22. The fraction of sp³-hybridized carbons (Fsp3) is 0.357. The molecule has 0 fully saturated rings. The summed E-state index contributed by atoms with van der Waals surface area (Å²) < 4.78 is 0. The van der Waals surface area contributed by atoms with E-state index in [4.69, 9.17) is 4.99 Å². The average molecular weight is 423 g/mol. The molecule has 2 aromatic carbocycles. The van der Waals surface area contributed by atoms with E-state index < -0.39 is 0 Å². The van der Waals surface area contributed by atoms with Crippen molar-refractivity contribution in [3.8, 4) is 0 Å². The largest absolute Gasteiger partial charge is 0.359 e. The van der Waals surface area contributed by atoms with Gasteiger partial charge in [-0.05, 0) is 25.8 Å². The molecule has 0 saturated heterocycles. The Kier molecular flexibility index (Phi) is 21.2. The minimum atomic E-state index is 0.585. The summed E-state index contributed by atoms with van der Waals surface area (Å²) in [5.41, 5.74) is 2.67. The number of carbonyl (C=O) groups excluding carboxylic acids is 1. The molecule has 0 unspecified atom stereocenters. The molecule has 0 aliphatic carbocycles. The number of allylic oxidation sites excluding steroid dienone is 2. The van der Waals surface area contributed by atoms with Crippen molar-refractivity contribution in [1.82, 2.24) is 4.90 Å². The number of aldehydes is 1. The number of amidine groups is 1. The molecule has 0 radical (unpaired) electrons. The summed E-state index contributed by atoms with van der Waals surface area (Å²) in [5, 5.41) is 0. The predicted octanol–water partition coefficient (Wildman–Crippen LogP) is 7.59. The van der Waals surface area contributed by atoms with E-state index in [1.807, 2.05) is 109 Å². The van der Waals surface area contributed by atoms with Crippen LogP contribution in [0.1, 0.15) is 69.4 Å². The highest BCUT2D eigenvalue weighted by atomic mass is 16.1. The lowest BCUT2D eigenvalue weighted by Crippen LogP contribution is -2.29. The molecule has 2 aromatic rings. The summed E-state index contributed by atoms with van der Waals surface area (Å²) in [6.07, 6.45) is 7.63. The molecule has 0 aliphatic heterocycles. The van der Waals surface area contributed by atoms with Crippen LogP contribution < -0.4 is 0 Å². The molecule has 3 heteroatoms. The first-order valence-corrected chi connectivity index (χ1v) is 11.2. The molecule has 0 amide bonds. The van der Waals surface area contributed by atoms with Crippen LogP contribution in [0.4, 0.5) is 0 Å². The highest BCUT2D eigenvalue weighted by molar-refractivity contribution is 6.04. The summed E-state index contributed by atoms with van der Waals surface area (Å²) in [4.78, 5) is 18.2. The van der Waals surface area contributed by atoms with Crippen LogP contribution in [0.25, 0.3) is 0 Å². The van der Waals surface area contributed by atoms with Gasteiger partial charge in [-0.3, -0.25) is 9.79 Å². The summed E-state index contributed by atoms with van der Waals surface area (Å²) in [7, 11) is 1.99. The second kappa shape index (κ2) is 21.8. The molecule has 31 heavy (non-hydrogen) atoms. The van der Waals surface area contributed by atoms with Crippen molar-refractivity contribution in [3.05, 3.63) is 96.1 Å². The topological polar surface area (TPSA) is 32.7 Å². The van der Waals surface area contributed by atoms with Gasteiger partial charge in [-0.15, -0.1) is 6.58 Å². The fourth-order valence-electron chi connectivity index (χ4n) is 2.36. The maximum atomic E-state index is 11.4. The van der Waals surface area contributed by atoms with E-state index in [9.17, 15) is 4.79 Å². The monoisotopic (exact) mass is 422 g/mol. The van der Waals surface area contributed by atoms with Crippen LogP contribution in [0.5, 0.6) is 0 Å². The Labute approximate surface area is 191 Å². The SMILES string of the molecule is C/C=C\C.C=CCCN(C)C(=NCc1ccccc1)c1ccccc1C=O.CC.CC. The second-order valence-electron chi connectivity index (χ2n) is 6.00. The Morgan fingerprint density at radius 2 is 1.48 bits per heavy atom. The van der Waals surface area contributed by atoms with E-state index in [-0.39, 0.29) is 0 Å². The van der Waals surface area contributed by atoms with Crippen molar-refractivity contribution >= 4 is 12.1 Å². The first-order chi connectivity index (χ1) is 15.2. The standard InChI is InChI=1S/C20H22N2O.C4H8.2C2H6/c1-3-4-14-22(2)20(19-13-9-8-12-18(19)16-23)21-15-17-10-6-5-7-11-17;1-3-4-2;2*1-2/h3,5-13,16H,1,4,14-15H2,2H3;3-4H,1-2H3;2*1-2H3/b;4-3-;;. The smallest absolute Gasteiger partial charge is 0.150 e. The third-order valence-corrected chi connectivity index (χ3v) is 3.95. The van der Waals surface area contributed by atoms with Crippen molar-refractivity contribution < 1.29 is 4.79 Å². The number of aliphatic imine (C=N–C) groups is 1. The number of rotatable bonds is 7. The number of hydrogen-bond acceptors (Lipinski definition) is 2. The predicted molar refractivity (Wildman–Crippen MR) is 139 cm³/mol. The quantitative estimate of drug-likeness (QED) is 0.199. The number of hydrogen-bond donors (Lipinski definition) is 0. The van der Waals surface area contributed by atoms with Gasteiger partial charge in [-0.25, -0.2) is 0 Å². The minimum absolute atomic E-state index is 0.585. The van der Waals surface area contributed by atoms with Gasteiger partial charge in [-0.1, -0.05) is 101 Å². The number of carbonyl (C=O) groups is 1. The third-order valence-electron chi connectivity index (χ3n) is 3.95. The minimum Gasteiger partial charge on any atom is -0.359 e. The molecule has 0 aromatic heterocycles. The Morgan fingerprint density at radius 3 is 2.00 bits per heavy atom. The molecule has 0 atom stereocenters. The maximum Gasteiger partial charge on any atom is 0.150 e. The highest BCUT2D eigenvalue weighted by Gasteiger charge is 2.12. The lowest BCUT2D eigenvalue weighted by molar-refractivity contribution is 0.112. The fourth-order valence-corrected chi connectivity index (χ4v) is 2.36. The zero-order valence-corrected chi connectivity index (χ0v) is 20.6. The van der Waals surface area contributed by atoms with Gasteiger partial charge in [0.15, 0.2) is 6.29 Å². The van der Waals surface area contributed by atoms with Gasteiger partial charge in [0, 0.05) is 24.7 Å². The van der Waals surface area contributed by atoms with E-state index in [0.717, 1.165) is 36.2 Å². The van der Waals surface area contributed by atoms with Gasteiger partial charge in [0.05, 0.1) is 6.54 Å². The Balaban J connectivity index is 0. The lowest BCUT2D eigenvalue weighted by atomic mass is 10.1. The average Bonchev–Trinajstić information content (AvgIpc) is 2.86. The molecule has 0 spiro atoms. The van der Waals surface area contributed by atoms with E-state index in [1.165, 1.54) is 0 Å². The van der Waals surface area contributed by atoms with Crippen molar-refractivity contribution in [1.29, 1.82) is 0 Å². The van der Waals surface area contributed by atoms with Crippen molar-refractivity contribution in [2.24, 2.45) is 4.99 Å². The molecule has 0 saturated carbocycles. The highest BCUT2D eigenvalue weighted by Crippen LogP contribution is 2.12. The molecule has 0 aliphatic rings. The van der Waals surface area contributed by atoms with E-state index in [0.29, 0.717) is 12.1 Å². The molecule has 0 N–H and O–H groups in total. The van der Waals surface area contributed by atoms with Crippen LogP contribution in [-0.4, -0.2) is 30.6 Å². The van der Waals surface area contributed by atoms with Gasteiger partial charge in [0.1, 0.15) is 5.84 Å². The normalized spacial score (nSPS) is 9.84. The first kappa shape index (κ1) is 30.3. The van der Waals surface area contributed by atoms with Crippen LogP contribution in [-0.2, 0) is 6.54 Å². The van der Waals surface area contributed by atoms with Gasteiger partial charge in [-0.2, -0.15) is 0 Å². The van der Waals surface area contributed by atoms with Crippen molar-refractivity contribution in [3.63, 3.8) is 0 Å². The Bertz CT molecular complexity index is 745. The zero-order chi connectivity index (χ0) is 23.9. The summed E-state index contributed by atoms with van der Waals surface area (Å²) in [6.45, 7) is 17.2. The van der Waals surface area contributed by atoms with E-state index in [1.54, 1.807) is 0 Å². The van der Waals surface area contributed by atoms with Gasteiger partial charge < -0.3 is 4.90 Å². The molecule has 2 rings (SSSR count). The number of benzene rings is 2. The van der Waals surface area contributed by atoms with Crippen LogP contribution >= 0.6 is 0 Å². The summed E-state index contributed by atoms with van der Waals surface area (Å²) in [5.74, 6) is 0.832. The molecular formula is C28H42N2O. The summed E-state index contributed by atoms with van der Waals surface area (Å²) in [6, 6.07) is 17.7. The Morgan fingerprint density at radius 1 is 0.935 bits per heavy atom. The van der Waals surface area contributed by atoms with Gasteiger partial charge in [0.2, 0.25) is 0 Å². The molecular weight excluding hydrogens is 380 g/mol. The van der Waals surface area contributed by atoms with Crippen molar-refractivity contribution in [2.45, 2.75) is 54.5 Å². The second-order valence-corrected chi connectivity index (χ2v) is 6.00. The van der Waals surface area contributed by atoms with E-state index >= 15 is 0 Å². The van der Waals surface area contributed by atoms with Crippen LogP contribution in [0, 0.1) is 0 Å². The van der Waals surface area contributed by atoms with Crippen molar-refractivity contribution in [2.75, 3.05) is 13.6 Å². The van der Waals surface area contributed by atoms with Crippen LogP contribution in [0.3, 0.4) is 0 Å². The van der Waals surface area contributed by atoms with Crippen LogP contribution in [0.15, 0.2) is 84.4 Å². The molecule has 0 heterocycles. The van der Waals surface area contributed by atoms with E-state index in [2.05, 4.69) is 23.6 Å². The van der Waals surface area contributed by atoms with Gasteiger partial charge >= 0.3 is 0 Å². The maximum absolute atomic E-state index is 11.4. The zero-order valence-electron chi connectivity index (χ0n) is 20.6.